The second kappa shape index (κ2) is 4.22. The lowest BCUT2D eigenvalue weighted by atomic mass is 10.2. The van der Waals surface area contributed by atoms with Crippen LogP contribution in [0.5, 0.6) is 0 Å². The number of aromatic nitrogens is 3. The highest BCUT2D eigenvalue weighted by atomic mass is 15.3. The molecule has 2 rings (SSSR count). The Kier molecular flexibility index (Phi) is 2.76. The molecule has 0 aliphatic rings. The molecule has 0 aromatic carbocycles. The van der Waals surface area contributed by atoms with Gasteiger partial charge in [-0.2, -0.15) is 5.10 Å². The number of hydrogen-bond acceptors (Lipinski definition) is 4. The Hall–Kier alpha value is -2.04. The van der Waals surface area contributed by atoms with E-state index in [1.165, 1.54) is 5.56 Å². The number of aryl methyl sites for hydroxylation is 1. The number of nitrogens with zero attached hydrogens (tertiary/aromatic N) is 3. The molecule has 5 nitrogen and oxygen atoms in total. The smallest absolute Gasteiger partial charge is 0.123 e. The number of nitrogens with one attached hydrogen (secondary N) is 1. The highest BCUT2D eigenvalue weighted by molar-refractivity contribution is 5.45. The number of rotatable bonds is 3. The third kappa shape index (κ3) is 2.13. The van der Waals surface area contributed by atoms with Gasteiger partial charge in [-0.1, -0.05) is 0 Å². The third-order valence-corrected chi connectivity index (χ3v) is 2.61. The van der Waals surface area contributed by atoms with Crippen molar-refractivity contribution in [2.45, 2.75) is 13.5 Å². The molecule has 0 aliphatic carbocycles. The lowest BCUT2D eigenvalue weighted by Crippen LogP contribution is -2.02. The zero-order valence-corrected chi connectivity index (χ0v) is 9.44. The third-order valence-electron chi connectivity index (χ3n) is 2.61. The molecule has 0 saturated carbocycles. The Labute approximate surface area is 94.3 Å². The maximum atomic E-state index is 5.51. The summed E-state index contributed by atoms with van der Waals surface area (Å²) in [4.78, 5) is 4.01. The molecule has 2 heterocycles. The van der Waals surface area contributed by atoms with Gasteiger partial charge in [0, 0.05) is 24.8 Å². The Morgan fingerprint density at radius 3 is 2.75 bits per heavy atom. The van der Waals surface area contributed by atoms with E-state index in [1.807, 2.05) is 30.9 Å². The molecule has 84 valence electrons. The molecule has 0 bridgehead atoms. The molecule has 0 atom stereocenters. The van der Waals surface area contributed by atoms with Crippen molar-refractivity contribution in [3.8, 4) is 0 Å². The summed E-state index contributed by atoms with van der Waals surface area (Å²) < 4.78 is 1.86. The SMILES string of the molecule is Cc1c(CNc2ccc(N)nc2)cnn1C. The highest BCUT2D eigenvalue weighted by Crippen LogP contribution is 2.11. The van der Waals surface area contributed by atoms with Crippen LogP contribution in [0.4, 0.5) is 11.5 Å². The van der Waals surface area contributed by atoms with Crippen LogP contribution in [0.1, 0.15) is 11.3 Å². The van der Waals surface area contributed by atoms with Gasteiger partial charge in [-0.05, 0) is 19.1 Å². The summed E-state index contributed by atoms with van der Waals surface area (Å²) >= 11 is 0. The predicted molar refractivity (Wildman–Crippen MR) is 63.9 cm³/mol. The van der Waals surface area contributed by atoms with Gasteiger partial charge >= 0.3 is 0 Å². The molecular weight excluding hydrogens is 202 g/mol. The van der Waals surface area contributed by atoms with Crippen LogP contribution in [0.15, 0.2) is 24.5 Å². The molecule has 0 aliphatic heterocycles. The molecule has 0 fully saturated rings. The lowest BCUT2D eigenvalue weighted by Gasteiger charge is -2.05. The number of pyridine rings is 1. The van der Waals surface area contributed by atoms with Crippen LogP contribution < -0.4 is 11.1 Å². The van der Waals surface area contributed by atoms with Crippen molar-refractivity contribution in [1.82, 2.24) is 14.8 Å². The number of nitrogen functional groups attached to an aromatic ring is 1. The van der Waals surface area contributed by atoms with Crippen LogP contribution in [0.2, 0.25) is 0 Å². The van der Waals surface area contributed by atoms with E-state index in [0.29, 0.717) is 5.82 Å². The molecule has 5 heteroatoms. The fourth-order valence-corrected chi connectivity index (χ4v) is 1.42. The van der Waals surface area contributed by atoms with E-state index in [1.54, 1.807) is 12.3 Å². The van der Waals surface area contributed by atoms with Crippen molar-refractivity contribution in [3.05, 3.63) is 35.8 Å². The summed E-state index contributed by atoms with van der Waals surface area (Å²) in [5, 5.41) is 7.45. The molecule has 0 spiro atoms. The second-order valence-electron chi connectivity index (χ2n) is 3.70. The van der Waals surface area contributed by atoms with Gasteiger partial charge in [0.2, 0.25) is 0 Å². The fraction of sp³-hybridized carbons (Fsp3) is 0.273. The van der Waals surface area contributed by atoms with E-state index in [4.69, 9.17) is 5.73 Å². The van der Waals surface area contributed by atoms with Crippen LogP contribution in [0.3, 0.4) is 0 Å². The molecule has 2 aromatic heterocycles. The van der Waals surface area contributed by atoms with Crippen molar-refractivity contribution in [3.63, 3.8) is 0 Å². The van der Waals surface area contributed by atoms with Gasteiger partial charge in [0.05, 0.1) is 18.1 Å². The minimum atomic E-state index is 0.531. The Morgan fingerprint density at radius 2 is 2.19 bits per heavy atom. The summed E-state index contributed by atoms with van der Waals surface area (Å²) in [6.07, 6.45) is 3.59. The van der Waals surface area contributed by atoms with Gasteiger partial charge in [-0.25, -0.2) is 4.98 Å². The molecule has 0 saturated heterocycles. The van der Waals surface area contributed by atoms with Gasteiger partial charge in [0.15, 0.2) is 0 Å². The summed E-state index contributed by atoms with van der Waals surface area (Å²) in [7, 11) is 1.93. The Bertz CT molecular complexity index is 472. The molecule has 0 amide bonds. The summed E-state index contributed by atoms with van der Waals surface area (Å²) in [5.41, 5.74) is 8.81. The first-order chi connectivity index (χ1) is 7.66. The van der Waals surface area contributed by atoms with Gasteiger partial charge in [-0.15, -0.1) is 0 Å². The summed E-state index contributed by atoms with van der Waals surface area (Å²) in [5.74, 6) is 0.531. The van der Waals surface area contributed by atoms with E-state index >= 15 is 0 Å². The number of anilines is 2. The summed E-state index contributed by atoms with van der Waals surface area (Å²) in [6.45, 7) is 2.79. The maximum absolute atomic E-state index is 5.51. The maximum Gasteiger partial charge on any atom is 0.123 e. The van der Waals surface area contributed by atoms with Crippen molar-refractivity contribution in [2.24, 2.45) is 7.05 Å². The molecule has 0 unspecified atom stereocenters. The zero-order chi connectivity index (χ0) is 11.5. The molecule has 3 N–H and O–H groups in total. The van der Waals surface area contributed by atoms with E-state index in [-0.39, 0.29) is 0 Å². The molecule has 16 heavy (non-hydrogen) atoms. The lowest BCUT2D eigenvalue weighted by molar-refractivity contribution is 0.738. The summed E-state index contributed by atoms with van der Waals surface area (Å²) in [6, 6.07) is 3.69. The average Bonchev–Trinajstić information content (AvgIpc) is 2.60. The van der Waals surface area contributed by atoms with Crippen molar-refractivity contribution in [2.75, 3.05) is 11.1 Å². The van der Waals surface area contributed by atoms with E-state index < -0.39 is 0 Å². The van der Waals surface area contributed by atoms with Crippen molar-refractivity contribution >= 4 is 11.5 Å². The van der Waals surface area contributed by atoms with E-state index in [9.17, 15) is 0 Å². The number of nitrogens with two attached hydrogens (primary N) is 1. The quantitative estimate of drug-likeness (QED) is 0.813. The van der Waals surface area contributed by atoms with Gasteiger partial charge in [0.25, 0.3) is 0 Å². The first kappa shape index (κ1) is 10.5. The van der Waals surface area contributed by atoms with Gasteiger partial charge in [0.1, 0.15) is 5.82 Å². The van der Waals surface area contributed by atoms with E-state index in [2.05, 4.69) is 15.4 Å². The van der Waals surface area contributed by atoms with E-state index in [0.717, 1.165) is 17.9 Å². The highest BCUT2D eigenvalue weighted by Gasteiger charge is 2.02. The Balaban J connectivity index is 2.02. The normalized spacial score (nSPS) is 10.4. The minimum Gasteiger partial charge on any atom is -0.384 e. The molecular formula is C11H15N5. The van der Waals surface area contributed by atoms with Crippen LogP contribution >= 0.6 is 0 Å². The van der Waals surface area contributed by atoms with Crippen LogP contribution in [0, 0.1) is 6.92 Å². The molecule has 2 aromatic rings. The van der Waals surface area contributed by atoms with Crippen LogP contribution in [-0.2, 0) is 13.6 Å². The van der Waals surface area contributed by atoms with Crippen molar-refractivity contribution < 1.29 is 0 Å². The predicted octanol–water partition coefficient (Wildman–Crippen LogP) is 1.32. The van der Waals surface area contributed by atoms with Gasteiger partial charge < -0.3 is 11.1 Å². The minimum absolute atomic E-state index is 0.531. The van der Waals surface area contributed by atoms with Gasteiger partial charge in [-0.3, -0.25) is 4.68 Å². The Morgan fingerprint density at radius 1 is 1.38 bits per heavy atom. The first-order valence-corrected chi connectivity index (χ1v) is 5.09. The number of hydrogen-bond donors (Lipinski definition) is 2. The zero-order valence-electron chi connectivity index (χ0n) is 9.44. The standard InChI is InChI=1S/C11H15N5/c1-8-9(6-15-16(8)2)5-13-10-3-4-11(12)14-7-10/h3-4,6-7,13H,5H2,1-2H3,(H2,12,14). The molecule has 0 radical (unpaired) electrons. The van der Waals surface area contributed by atoms with Crippen LogP contribution in [-0.4, -0.2) is 14.8 Å². The monoisotopic (exact) mass is 217 g/mol. The first-order valence-electron chi connectivity index (χ1n) is 5.09. The second-order valence-corrected chi connectivity index (χ2v) is 3.70. The van der Waals surface area contributed by atoms with Crippen molar-refractivity contribution in [1.29, 1.82) is 0 Å². The average molecular weight is 217 g/mol. The fourth-order valence-electron chi connectivity index (χ4n) is 1.42. The van der Waals surface area contributed by atoms with Crippen LogP contribution in [0.25, 0.3) is 0 Å². The topological polar surface area (TPSA) is 68.8 Å². The largest absolute Gasteiger partial charge is 0.384 e.